The van der Waals surface area contributed by atoms with Crippen LogP contribution in [0.2, 0.25) is 0 Å². The first-order valence-electron chi connectivity index (χ1n) is 8.55. The number of nitro groups is 1. The molecule has 0 heterocycles. The van der Waals surface area contributed by atoms with E-state index in [0.29, 0.717) is 17.9 Å². The lowest BCUT2D eigenvalue weighted by Crippen LogP contribution is -2.04. The van der Waals surface area contributed by atoms with Crippen LogP contribution in [0, 0.1) is 17.0 Å². The average Bonchev–Trinajstić information content (AvgIpc) is 2.67. The predicted molar refractivity (Wildman–Crippen MR) is 107 cm³/mol. The summed E-state index contributed by atoms with van der Waals surface area (Å²) < 4.78 is 0. The van der Waals surface area contributed by atoms with Crippen LogP contribution < -0.4 is 11.1 Å². The van der Waals surface area contributed by atoms with E-state index >= 15 is 0 Å². The Morgan fingerprint density at radius 2 is 1.74 bits per heavy atom. The summed E-state index contributed by atoms with van der Waals surface area (Å²) in [5.74, 6) is 0. The molecule has 4 N–H and O–H groups in total. The fourth-order valence-corrected chi connectivity index (χ4v) is 2.92. The Labute approximate surface area is 157 Å². The van der Waals surface area contributed by atoms with Gasteiger partial charge in [0.2, 0.25) is 0 Å². The minimum absolute atomic E-state index is 0.0290. The van der Waals surface area contributed by atoms with Gasteiger partial charge in [-0.1, -0.05) is 42.5 Å². The standard InChI is InChI=1S/C21H21N3O3/c1-14-10-17(16-4-2-15(13-25)3-5-16)6-7-18(14)12-23-20-9-8-19(22)11-21(20)24(26)27/h2-11,23,25H,12-13,22H2,1H3. The maximum atomic E-state index is 11.2. The summed E-state index contributed by atoms with van der Waals surface area (Å²) in [6.45, 7) is 2.52. The largest absolute Gasteiger partial charge is 0.399 e. The number of rotatable bonds is 6. The minimum atomic E-state index is -0.440. The molecule has 0 saturated heterocycles. The molecule has 0 aliphatic rings. The van der Waals surface area contributed by atoms with E-state index in [9.17, 15) is 10.1 Å². The molecule has 0 saturated carbocycles. The van der Waals surface area contributed by atoms with Gasteiger partial charge >= 0.3 is 0 Å². The van der Waals surface area contributed by atoms with Gasteiger partial charge in [-0.3, -0.25) is 10.1 Å². The summed E-state index contributed by atoms with van der Waals surface area (Å²) in [4.78, 5) is 10.8. The van der Waals surface area contributed by atoms with Gasteiger partial charge in [0, 0.05) is 18.3 Å². The molecule has 6 heteroatoms. The highest BCUT2D eigenvalue weighted by Gasteiger charge is 2.14. The van der Waals surface area contributed by atoms with Crippen LogP contribution in [0.1, 0.15) is 16.7 Å². The highest BCUT2D eigenvalue weighted by molar-refractivity contribution is 5.68. The maximum absolute atomic E-state index is 11.2. The number of nitro benzene ring substituents is 1. The Morgan fingerprint density at radius 3 is 2.37 bits per heavy atom. The third-order valence-electron chi connectivity index (χ3n) is 4.50. The van der Waals surface area contributed by atoms with E-state index in [4.69, 9.17) is 10.8 Å². The van der Waals surface area contributed by atoms with Crippen molar-refractivity contribution in [2.45, 2.75) is 20.1 Å². The van der Waals surface area contributed by atoms with Crippen LogP contribution in [0.5, 0.6) is 0 Å². The zero-order valence-corrected chi connectivity index (χ0v) is 15.0. The number of aryl methyl sites for hydroxylation is 1. The van der Waals surface area contributed by atoms with Crippen LogP contribution in [0.15, 0.2) is 60.7 Å². The lowest BCUT2D eigenvalue weighted by Gasteiger charge is -2.12. The smallest absolute Gasteiger partial charge is 0.294 e. The average molecular weight is 363 g/mol. The Kier molecular flexibility index (Phi) is 5.38. The lowest BCUT2D eigenvalue weighted by molar-refractivity contribution is -0.383. The molecule has 0 aliphatic heterocycles. The Bertz CT molecular complexity index is 969. The Morgan fingerprint density at radius 1 is 1.04 bits per heavy atom. The van der Waals surface area contributed by atoms with E-state index < -0.39 is 4.92 Å². The molecule has 27 heavy (non-hydrogen) atoms. The monoisotopic (exact) mass is 363 g/mol. The number of aliphatic hydroxyl groups excluding tert-OH is 1. The molecule has 0 spiro atoms. The van der Waals surface area contributed by atoms with Crippen molar-refractivity contribution in [3.8, 4) is 11.1 Å². The van der Waals surface area contributed by atoms with E-state index in [1.165, 1.54) is 6.07 Å². The molecule has 3 aromatic rings. The van der Waals surface area contributed by atoms with E-state index in [1.807, 2.05) is 43.3 Å². The van der Waals surface area contributed by atoms with Crippen LogP contribution in [-0.4, -0.2) is 10.0 Å². The second kappa shape index (κ2) is 7.88. The van der Waals surface area contributed by atoms with E-state index in [-0.39, 0.29) is 12.3 Å². The molecule has 0 aromatic heterocycles. The Hall–Kier alpha value is -3.38. The van der Waals surface area contributed by atoms with Gasteiger partial charge in [-0.25, -0.2) is 0 Å². The summed E-state index contributed by atoms with van der Waals surface area (Å²) in [6, 6.07) is 18.5. The van der Waals surface area contributed by atoms with Gasteiger partial charge in [0.25, 0.3) is 5.69 Å². The number of nitrogen functional groups attached to an aromatic ring is 1. The molecule has 0 bridgehead atoms. The van der Waals surface area contributed by atoms with Crippen molar-refractivity contribution >= 4 is 17.1 Å². The van der Waals surface area contributed by atoms with Crippen LogP contribution in [0.4, 0.5) is 17.1 Å². The molecule has 3 rings (SSSR count). The number of hydrogen-bond acceptors (Lipinski definition) is 5. The number of nitrogens with two attached hydrogens (primary N) is 1. The molecule has 0 amide bonds. The number of nitrogens with one attached hydrogen (secondary N) is 1. The second-order valence-corrected chi connectivity index (χ2v) is 6.38. The first kappa shape index (κ1) is 18.4. The summed E-state index contributed by atoms with van der Waals surface area (Å²) in [5, 5.41) is 23.5. The Balaban J connectivity index is 1.78. The molecular formula is C21H21N3O3. The zero-order valence-electron chi connectivity index (χ0n) is 15.0. The number of aliphatic hydroxyl groups is 1. The number of anilines is 2. The highest BCUT2D eigenvalue weighted by atomic mass is 16.6. The third-order valence-corrected chi connectivity index (χ3v) is 4.50. The predicted octanol–water partition coefficient (Wildman–Crippen LogP) is 4.26. The normalized spacial score (nSPS) is 10.6. The fraction of sp³-hybridized carbons (Fsp3) is 0.143. The zero-order chi connectivity index (χ0) is 19.4. The molecule has 138 valence electrons. The molecule has 0 atom stereocenters. The first-order valence-corrected chi connectivity index (χ1v) is 8.55. The summed E-state index contributed by atoms with van der Waals surface area (Å²) in [6.07, 6.45) is 0. The number of benzene rings is 3. The summed E-state index contributed by atoms with van der Waals surface area (Å²) in [5.41, 5.74) is 11.6. The lowest BCUT2D eigenvalue weighted by atomic mass is 9.99. The highest BCUT2D eigenvalue weighted by Crippen LogP contribution is 2.28. The van der Waals surface area contributed by atoms with E-state index in [0.717, 1.165) is 27.8 Å². The fourth-order valence-electron chi connectivity index (χ4n) is 2.92. The van der Waals surface area contributed by atoms with Crippen molar-refractivity contribution in [2.24, 2.45) is 0 Å². The first-order chi connectivity index (χ1) is 13.0. The quantitative estimate of drug-likeness (QED) is 0.345. The van der Waals surface area contributed by atoms with E-state index in [1.54, 1.807) is 12.1 Å². The van der Waals surface area contributed by atoms with E-state index in [2.05, 4.69) is 11.4 Å². The van der Waals surface area contributed by atoms with Crippen LogP contribution in [0.3, 0.4) is 0 Å². The van der Waals surface area contributed by atoms with Gasteiger partial charge < -0.3 is 16.2 Å². The SMILES string of the molecule is Cc1cc(-c2ccc(CO)cc2)ccc1CNc1ccc(N)cc1[N+](=O)[O-]. The topological polar surface area (TPSA) is 101 Å². The van der Waals surface area contributed by atoms with Gasteiger partial charge in [-0.2, -0.15) is 0 Å². The van der Waals surface area contributed by atoms with Crippen molar-refractivity contribution in [3.05, 3.63) is 87.5 Å². The molecule has 0 fully saturated rings. The van der Waals surface area contributed by atoms with Crippen molar-refractivity contribution in [3.63, 3.8) is 0 Å². The molecule has 0 unspecified atom stereocenters. The van der Waals surface area contributed by atoms with Crippen molar-refractivity contribution < 1.29 is 10.0 Å². The number of nitrogens with zero attached hydrogens (tertiary/aromatic N) is 1. The van der Waals surface area contributed by atoms with Crippen molar-refractivity contribution in [1.82, 2.24) is 0 Å². The summed E-state index contributed by atoms with van der Waals surface area (Å²) in [7, 11) is 0. The molecule has 6 nitrogen and oxygen atoms in total. The van der Waals surface area contributed by atoms with Gasteiger partial charge in [0.1, 0.15) is 5.69 Å². The maximum Gasteiger partial charge on any atom is 0.294 e. The van der Waals surface area contributed by atoms with Gasteiger partial charge in [0.15, 0.2) is 0 Å². The third kappa shape index (κ3) is 4.24. The number of hydrogen-bond donors (Lipinski definition) is 3. The molecule has 3 aromatic carbocycles. The molecule has 0 aliphatic carbocycles. The van der Waals surface area contributed by atoms with Gasteiger partial charge in [0.05, 0.1) is 11.5 Å². The molecule has 0 radical (unpaired) electrons. The van der Waals surface area contributed by atoms with Crippen molar-refractivity contribution in [2.75, 3.05) is 11.1 Å². The second-order valence-electron chi connectivity index (χ2n) is 6.38. The molecular weight excluding hydrogens is 342 g/mol. The summed E-state index contributed by atoms with van der Waals surface area (Å²) >= 11 is 0. The van der Waals surface area contributed by atoms with Crippen LogP contribution >= 0.6 is 0 Å². The van der Waals surface area contributed by atoms with Gasteiger partial charge in [-0.05, 0) is 46.9 Å². The van der Waals surface area contributed by atoms with Crippen molar-refractivity contribution in [1.29, 1.82) is 0 Å². The minimum Gasteiger partial charge on any atom is -0.399 e. The van der Waals surface area contributed by atoms with Crippen LogP contribution in [0.25, 0.3) is 11.1 Å². The van der Waals surface area contributed by atoms with Gasteiger partial charge in [-0.15, -0.1) is 0 Å². The van der Waals surface area contributed by atoms with Crippen LogP contribution in [-0.2, 0) is 13.2 Å².